The predicted octanol–water partition coefficient (Wildman–Crippen LogP) is 3.72. The fraction of sp³-hybridized carbons (Fsp3) is 0.600. The smallest absolute Gasteiger partial charge is 0.166 e. The molecule has 0 heterocycles. The Labute approximate surface area is 135 Å². The van der Waals surface area contributed by atoms with Crippen molar-refractivity contribution in [3.05, 3.63) is 35.4 Å². The molecule has 2 nitrogen and oxygen atoms in total. The van der Waals surface area contributed by atoms with Crippen LogP contribution >= 0.6 is 0 Å². The minimum absolute atomic E-state index is 0.0894. The Morgan fingerprint density at radius 2 is 1.95 bits per heavy atom. The lowest BCUT2D eigenvalue weighted by Gasteiger charge is -2.41. The zero-order valence-electron chi connectivity index (χ0n) is 14.2. The molecule has 2 unspecified atom stereocenters. The van der Waals surface area contributed by atoms with E-state index in [2.05, 4.69) is 55.7 Å². The number of aryl methyl sites for hydroxylation is 1. The van der Waals surface area contributed by atoms with Gasteiger partial charge in [0.15, 0.2) is 5.60 Å². The van der Waals surface area contributed by atoms with Crippen molar-refractivity contribution in [3.8, 4) is 11.8 Å². The molecule has 120 valence electrons. The molecule has 0 saturated heterocycles. The molecule has 0 saturated carbocycles. The number of aliphatic hydroxyl groups is 1. The van der Waals surface area contributed by atoms with E-state index in [1.807, 2.05) is 6.07 Å². The van der Waals surface area contributed by atoms with E-state index in [0.29, 0.717) is 0 Å². The highest BCUT2D eigenvalue weighted by Gasteiger charge is 2.42. The highest BCUT2D eigenvalue weighted by Crippen LogP contribution is 2.35. The van der Waals surface area contributed by atoms with E-state index in [4.69, 9.17) is 0 Å². The number of hydrogen-bond donors (Lipinski definition) is 1. The van der Waals surface area contributed by atoms with Crippen LogP contribution in [0.3, 0.4) is 0 Å². The summed E-state index contributed by atoms with van der Waals surface area (Å²) in [6.07, 6.45) is 5.14. The van der Waals surface area contributed by atoms with Gasteiger partial charge >= 0.3 is 0 Å². The van der Waals surface area contributed by atoms with Crippen LogP contribution < -0.4 is 0 Å². The van der Waals surface area contributed by atoms with E-state index in [0.717, 1.165) is 50.8 Å². The summed E-state index contributed by atoms with van der Waals surface area (Å²) in [4.78, 5) is 2.35. The number of benzene rings is 1. The molecule has 2 rings (SSSR count). The van der Waals surface area contributed by atoms with Crippen LogP contribution in [0.4, 0.5) is 0 Å². The van der Waals surface area contributed by atoms with E-state index in [9.17, 15) is 5.11 Å². The van der Waals surface area contributed by atoms with Crippen molar-refractivity contribution < 1.29 is 5.11 Å². The van der Waals surface area contributed by atoms with Gasteiger partial charge in [-0.1, -0.05) is 63.3 Å². The Morgan fingerprint density at radius 1 is 1.23 bits per heavy atom. The Bertz CT molecular complexity index is 538. The van der Waals surface area contributed by atoms with Crippen LogP contribution in [0.5, 0.6) is 0 Å². The minimum Gasteiger partial charge on any atom is -0.372 e. The summed E-state index contributed by atoms with van der Waals surface area (Å²) < 4.78 is 0. The maximum Gasteiger partial charge on any atom is 0.166 e. The normalized spacial score (nSPS) is 24.1. The van der Waals surface area contributed by atoms with Crippen LogP contribution in [0, 0.1) is 11.8 Å². The molecule has 2 atom stereocenters. The summed E-state index contributed by atoms with van der Waals surface area (Å²) in [6, 6.07) is 8.41. The molecule has 0 aromatic heterocycles. The quantitative estimate of drug-likeness (QED) is 0.776. The monoisotopic (exact) mass is 299 g/mol. The average Bonchev–Trinajstić information content (AvgIpc) is 2.56. The summed E-state index contributed by atoms with van der Waals surface area (Å²) in [5, 5.41) is 11.5. The van der Waals surface area contributed by atoms with E-state index in [1.165, 1.54) is 5.56 Å². The van der Waals surface area contributed by atoms with Gasteiger partial charge < -0.3 is 5.11 Å². The van der Waals surface area contributed by atoms with Crippen LogP contribution in [0.1, 0.15) is 57.6 Å². The standard InChI is InChI=1S/C20H29NO/c1-4-7-12-17-13-8-9-14-18(17)20(22)16-11-10-15-19(20)21(5-2)6-3/h8-9,13-14,19,22H,4-7,10,12,15H2,1-3H3. The first-order chi connectivity index (χ1) is 10.7. The number of unbranched alkanes of at least 4 members (excludes halogenated alkanes) is 1. The topological polar surface area (TPSA) is 23.5 Å². The summed E-state index contributed by atoms with van der Waals surface area (Å²) in [7, 11) is 0. The molecule has 0 aliphatic heterocycles. The van der Waals surface area contributed by atoms with Crippen LogP contribution in [0.15, 0.2) is 24.3 Å². The molecule has 2 heteroatoms. The van der Waals surface area contributed by atoms with Crippen LogP contribution in [-0.2, 0) is 12.0 Å². The third-order valence-electron chi connectivity index (χ3n) is 4.78. The van der Waals surface area contributed by atoms with Crippen molar-refractivity contribution >= 4 is 0 Å². The lowest BCUT2D eigenvalue weighted by molar-refractivity contribution is -0.0109. The summed E-state index contributed by atoms with van der Waals surface area (Å²) in [5.74, 6) is 6.36. The van der Waals surface area contributed by atoms with Gasteiger partial charge in [0.1, 0.15) is 0 Å². The predicted molar refractivity (Wildman–Crippen MR) is 92.7 cm³/mol. The molecule has 0 spiro atoms. The lowest BCUT2D eigenvalue weighted by Crippen LogP contribution is -2.51. The van der Waals surface area contributed by atoms with Gasteiger partial charge in [-0.25, -0.2) is 0 Å². The fourth-order valence-corrected chi connectivity index (χ4v) is 3.53. The Morgan fingerprint density at radius 3 is 2.64 bits per heavy atom. The zero-order chi connectivity index (χ0) is 16.0. The van der Waals surface area contributed by atoms with Gasteiger partial charge in [0.05, 0.1) is 6.04 Å². The van der Waals surface area contributed by atoms with Gasteiger partial charge in [-0.3, -0.25) is 4.90 Å². The van der Waals surface area contributed by atoms with Crippen molar-refractivity contribution in [1.29, 1.82) is 0 Å². The average molecular weight is 299 g/mol. The maximum atomic E-state index is 11.5. The summed E-state index contributed by atoms with van der Waals surface area (Å²) >= 11 is 0. The first kappa shape index (κ1) is 17.1. The summed E-state index contributed by atoms with van der Waals surface area (Å²) in [5.41, 5.74) is 1.24. The van der Waals surface area contributed by atoms with Crippen molar-refractivity contribution in [3.63, 3.8) is 0 Å². The van der Waals surface area contributed by atoms with Crippen LogP contribution in [0.2, 0.25) is 0 Å². The molecule has 0 fully saturated rings. The minimum atomic E-state index is -1.03. The molecule has 1 aliphatic rings. The van der Waals surface area contributed by atoms with Gasteiger partial charge in [-0.15, -0.1) is 0 Å². The van der Waals surface area contributed by atoms with Crippen molar-refractivity contribution in [2.45, 2.75) is 64.5 Å². The molecular formula is C20H29NO. The maximum absolute atomic E-state index is 11.5. The molecule has 1 aliphatic carbocycles. The SMILES string of the molecule is CCCCc1ccccc1C1(O)C#CCCC1N(CC)CC. The fourth-order valence-electron chi connectivity index (χ4n) is 3.53. The van der Waals surface area contributed by atoms with Gasteiger partial charge in [-0.05, 0) is 37.9 Å². The number of nitrogens with zero attached hydrogens (tertiary/aromatic N) is 1. The van der Waals surface area contributed by atoms with Crippen molar-refractivity contribution in [2.75, 3.05) is 13.1 Å². The second-order valence-electron chi connectivity index (χ2n) is 6.10. The molecule has 22 heavy (non-hydrogen) atoms. The number of likely N-dealkylation sites (N-methyl/N-ethyl adjacent to an activating group) is 1. The molecule has 1 aromatic rings. The molecule has 1 aromatic carbocycles. The molecule has 0 amide bonds. The third kappa shape index (κ3) is 3.37. The molecule has 0 bridgehead atoms. The molecular weight excluding hydrogens is 270 g/mol. The van der Waals surface area contributed by atoms with Gasteiger partial charge in [-0.2, -0.15) is 0 Å². The largest absolute Gasteiger partial charge is 0.372 e. The lowest BCUT2D eigenvalue weighted by atomic mass is 9.78. The highest BCUT2D eigenvalue weighted by molar-refractivity contribution is 5.42. The van der Waals surface area contributed by atoms with Crippen molar-refractivity contribution in [1.82, 2.24) is 4.90 Å². The van der Waals surface area contributed by atoms with E-state index >= 15 is 0 Å². The summed E-state index contributed by atoms with van der Waals surface area (Å²) in [6.45, 7) is 8.42. The third-order valence-corrected chi connectivity index (χ3v) is 4.78. The van der Waals surface area contributed by atoms with Gasteiger partial charge in [0, 0.05) is 12.0 Å². The molecule has 0 radical (unpaired) electrons. The van der Waals surface area contributed by atoms with E-state index in [1.54, 1.807) is 0 Å². The van der Waals surface area contributed by atoms with E-state index in [-0.39, 0.29) is 6.04 Å². The van der Waals surface area contributed by atoms with Crippen molar-refractivity contribution in [2.24, 2.45) is 0 Å². The van der Waals surface area contributed by atoms with E-state index < -0.39 is 5.60 Å². The first-order valence-electron chi connectivity index (χ1n) is 8.72. The zero-order valence-corrected chi connectivity index (χ0v) is 14.2. The van der Waals surface area contributed by atoms with Gasteiger partial charge in [0.2, 0.25) is 0 Å². The number of rotatable bonds is 7. The van der Waals surface area contributed by atoms with Gasteiger partial charge in [0.25, 0.3) is 0 Å². The Hall–Kier alpha value is -1.30. The first-order valence-corrected chi connectivity index (χ1v) is 8.72. The second kappa shape index (κ2) is 7.81. The Balaban J connectivity index is 2.43. The molecule has 1 N–H and O–H groups in total. The van der Waals surface area contributed by atoms with Crippen LogP contribution in [-0.4, -0.2) is 29.1 Å². The number of hydrogen-bond acceptors (Lipinski definition) is 2. The Kier molecular flexibility index (Phi) is 6.06. The second-order valence-corrected chi connectivity index (χ2v) is 6.10. The highest BCUT2D eigenvalue weighted by atomic mass is 16.3. The van der Waals surface area contributed by atoms with Crippen LogP contribution in [0.25, 0.3) is 0 Å².